The van der Waals surface area contributed by atoms with Gasteiger partial charge in [-0.1, -0.05) is 35.3 Å². The van der Waals surface area contributed by atoms with Gasteiger partial charge < -0.3 is 20.0 Å². The van der Waals surface area contributed by atoms with Crippen LogP contribution in [0.4, 0.5) is 5.82 Å². The number of pyridine rings is 1. The average molecular weight is 453 g/mol. The molecule has 154 valence electrons. The molecule has 3 rings (SSSR count). The highest BCUT2D eigenvalue weighted by atomic mass is 35.5. The van der Waals surface area contributed by atoms with Gasteiger partial charge in [0.05, 0.1) is 23.0 Å². The maximum Gasteiger partial charge on any atom is 0.244 e. The van der Waals surface area contributed by atoms with Crippen molar-refractivity contribution in [2.45, 2.75) is 31.0 Å². The molecule has 2 atom stereocenters. The topological polar surface area (TPSA) is 96.0 Å². The Morgan fingerprint density at radius 1 is 1.24 bits per heavy atom. The molecule has 0 aliphatic rings. The first-order chi connectivity index (χ1) is 13.9. The van der Waals surface area contributed by atoms with Crippen LogP contribution in [0.3, 0.4) is 0 Å². The zero-order chi connectivity index (χ0) is 21.0. The van der Waals surface area contributed by atoms with Crippen molar-refractivity contribution in [3.8, 4) is 11.1 Å². The second-order valence-corrected chi connectivity index (χ2v) is 8.83. The lowest BCUT2D eigenvalue weighted by Gasteiger charge is -2.17. The highest BCUT2D eigenvalue weighted by Crippen LogP contribution is 2.31. The molecule has 2 heterocycles. The Morgan fingerprint density at radius 2 is 2.03 bits per heavy atom. The molecule has 0 bridgehead atoms. The van der Waals surface area contributed by atoms with Crippen LogP contribution in [0.5, 0.6) is 0 Å². The largest absolute Gasteiger partial charge is 0.592 e. The van der Waals surface area contributed by atoms with E-state index in [1.165, 1.54) is 0 Å². The zero-order valence-electron chi connectivity index (χ0n) is 15.9. The van der Waals surface area contributed by atoms with Crippen molar-refractivity contribution < 1.29 is 9.66 Å². The standard InChI is InChI=1S/C20H22Cl2N4O2S/c1-12(2)25-19-8-16(17(22)10-23-19)14-7-20(24-9-14)29(28)26-18(11-27)13-4-3-5-15(21)6-13/h3-10,12,18,24,26-27H,11H2,1-2H3,(H,23,25)/t18-,29?/m1/s1. The maximum atomic E-state index is 12.8. The highest BCUT2D eigenvalue weighted by molar-refractivity contribution is 7.89. The van der Waals surface area contributed by atoms with E-state index >= 15 is 0 Å². The Balaban J connectivity index is 1.78. The van der Waals surface area contributed by atoms with Crippen LogP contribution < -0.4 is 10.0 Å². The Labute approximate surface area is 183 Å². The van der Waals surface area contributed by atoms with Crippen LogP contribution in [0.25, 0.3) is 11.1 Å². The summed E-state index contributed by atoms with van der Waals surface area (Å²) in [6, 6.07) is 10.4. The van der Waals surface area contributed by atoms with Crippen molar-refractivity contribution in [3.63, 3.8) is 0 Å². The van der Waals surface area contributed by atoms with E-state index in [0.717, 1.165) is 16.7 Å². The monoisotopic (exact) mass is 452 g/mol. The lowest BCUT2D eigenvalue weighted by atomic mass is 10.1. The quantitative estimate of drug-likeness (QED) is 0.376. The molecule has 0 saturated heterocycles. The van der Waals surface area contributed by atoms with E-state index in [0.29, 0.717) is 20.9 Å². The number of rotatable bonds is 8. The van der Waals surface area contributed by atoms with E-state index in [-0.39, 0.29) is 12.6 Å². The molecule has 9 heteroatoms. The number of aliphatic hydroxyl groups excluding tert-OH is 1. The number of hydrogen-bond acceptors (Lipinski definition) is 5. The van der Waals surface area contributed by atoms with Gasteiger partial charge in [0, 0.05) is 40.7 Å². The van der Waals surface area contributed by atoms with Gasteiger partial charge in [0.1, 0.15) is 11.9 Å². The van der Waals surface area contributed by atoms with Crippen LogP contribution in [0.15, 0.2) is 53.8 Å². The van der Waals surface area contributed by atoms with E-state index in [1.54, 1.807) is 36.7 Å². The van der Waals surface area contributed by atoms with Gasteiger partial charge in [-0.3, -0.25) is 0 Å². The molecule has 29 heavy (non-hydrogen) atoms. The van der Waals surface area contributed by atoms with Gasteiger partial charge in [0.15, 0.2) is 0 Å². The predicted octanol–water partition coefficient (Wildman–Crippen LogP) is 4.55. The number of halogens is 2. The molecule has 0 aliphatic heterocycles. The smallest absolute Gasteiger partial charge is 0.244 e. The average Bonchev–Trinajstić information content (AvgIpc) is 3.17. The van der Waals surface area contributed by atoms with Crippen molar-refractivity contribution in [1.29, 1.82) is 0 Å². The normalized spacial score (nSPS) is 13.5. The number of nitrogens with one attached hydrogen (secondary N) is 3. The van der Waals surface area contributed by atoms with Crippen LogP contribution in [0.2, 0.25) is 10.0 Å². The lowest BCUT2D eigenvalue weighted by molar-refractivity contribution is 0.259. The summed E-state index contributed by atoms with van der Waals surface area (Å²) in [4.78, 5) is 7.29. The summed E-state index contributed by atoms with van der Waals surface area (Å²) in [6.07, 6.45) is 3.33. The number of aliphatic hydroxyl groups is 1. The number of H-pyrrole nitrogens is 1. The minimum absolute atomic E-state index is 0.222. The molecular formula is C20H22Cl2N4O2S. The third-order valence-electron chi connectivity index (χ3n) is 4.14. The molecule has 3 aromatic rings. The first-order valence-electron chi connectivity index (χ1n) is 9.02. The van der Waals surface area contributed by atoms with Crippen LogP contribution >= 0.6 is 23.2 Å². The van der Waals surface area contributed by atoms with Crippen molar-refractivity contribution in [1.82, 2.24) is 14.7 Å². The number of nitrogens with zero attached hydrogens (tertiary/aromatic N) is 1. The molecule has 0 amide bonds. The zero-order valence-corrected chi connectivity index (χ0v) is 18.3. The van der Waals surface area contributed by atoms with E-state index < -0.39 is 17.4 Å². The van der Waals surface area contributed by atoms with Gasteiger partial charge in [0.25, 0.3) is 0 Å². The molecule has 0 spiro atoms. The molecular weight excluding hydrogens is 431 g/mol. The first kappa shape index (κ1) is 22.0. The minimum Gasteiger partial charge on any atom is -0.592 e. The maximum absolute atomic E-state index is 12.8. The predicted molar refractivity (Wildman–Crippen MR) is 119 cm³/mol. The highest BCUT2D eigenvalue weighted by Gasteiger charge is 2.22. The summed E-state index contributed by atoms with van der Waals surface area (Å²) < 4.78 is 15.7. The van der Waals surface area contributed by atoms with Crippen LogP contribution in [0.1, 0.15) is 25.5 Å². The number of anilines is 1. The van der Waals surface area contributed by atoms with Gasteiger partial charge in [-0.2, -0.15) is 0 Å². The molecule has 1 aromatic carbocycles. The second-order valence-electron chi connectivity index (χ2n) is 6.78. The van der Waals surface area contributed by atoms with Crippen molar-refractivity contribution >= 4 is 40.4 Å². The third kappa shape index (κ3) is 5.66. The number of aromatic amines is 1. The summed E-state index contributed by atoms with van der Waals surface area (Å²) in [7, 11) is 0. The summed E-state index contributed by atoms with van der Waals surface area (Å²) in [5, 5.41) is 14.5. The van der Waals surface area contributed by atoms with E-state index in [4.69, 9.17) is 23.2 Å². The SMILES string of the molecule is CC(C)Nc1cc(-c2c[nH]c([S+]([O-])N[C@H](CO)c3cccc(Cl)c3)c2)c(Cl)cn1. The molecule has 4 N–H and O–H groups in total. The summed E-state index contributed by atoms with van der Waals surface area (Å²) in [6.45, 7) is 3.83. The number of hydrogen-bond donors (Lipinski definition) is 4. The van der Waals surface area contributed by atoms with Gasteiger partial charge in [0.2, 0.25) is 5.03 Å². The van der Waals surface area contributed by atoms with E-state index in [1.807, 2.05) is 26.0 Å². The molecule has 0 saturated carbocycles. The summed E-state index contributed by atoms with van der Waals surface area (Å²) in [5.41, 5.74) is 2.32. The molecule has 0 aliphatic carbocycles. The first-order valence-corrected chi connectivity index (χ1v) is 10.9. The van der Waals surface area contributed by atoms with E-state index in [2.05, 4.69) is 20.0 Å². The fourth-order valence-electron chi connectivity index (χ4n) is 2.80. The molecule has 0 radical (unpaired) electrons. The van der Waals surface area contributed by atoms with E-state index in [9.17, 15) is 9.66 Å². The molecule has 0 fully saturated rings. The fraction of sp³-hybridized carbons (Fsp3) is 0.250. The van der Waals surface area contributed by atoms with Crippen molar-refractivity contribution in [3.05, 3.63) is 64.4 Å². The molecule has 2 aromatic heterocycles. The van der Waals surface area contributed by atoms with Crippen molar-refractivity contribution in [2.75, 3.05) is 11.9 Å². The molecule has 6 nitrogen and oxygen atoms in total. The van der Waals surface area contributed by atoms with Crippen LogP contribution in [-0.2, 0) is 11.4 Å². The van der Waals surface area contributed by atoms with Gasteiger partial charge in [-0.15, -0.1) is 4.72 Å². The Morgan fingerprint density at radius 3 is 2.72 bits per heavy atom. The minimum atomic E-state index is -1.58. The lowest BCUT2D eigenvalue weighted by Crippen LogP contribution is -2.31. The third-order valence-corrected chi connectivity index (χ3v) is 5.81. The summed E-state index contributed by atoms with van der Waals surface area (Å²) in [5.74, 6) is 0.711. The van der Waals surface area contributed by atoms with Crippen molar-refractivity contribution in [2.24, 2.45) is 0 Å². The van der Waals surface area contributed by atoms with Gasteiger partial charge in [-0.05, 0) is 37.6 Å². The molecule has 1 unspecified atom stereocenters. The Hall–Kier alpha value is -1.74. The van der Waals surface area contributed by atoms with Gasteiger partial charge in [-0.25, -0.2) is 4.98 Å². The number of aromatic nitrogens is 2. The second kappa shape index (κ2) is 9.84. The van der Waals surface area contributed by atoms with Gasteiger partial charge >= 0.3 is 0 Å². The van der Waals surface area contributed by atoms with Crippen LogP contribution in [-0.4, -0.2) is 32.3 Å². The Bertz CT molecular complexity index is 967. The number of benzene rings is 1. The summed E-state index contributed by atoms with van der Waals surface area (Å²) >= 11 is 10.8. The Kier molecular flexibility index (Phi) is 7.45. The fourth-order valence-corrected chi connectivity index (χ4v) is 4.20. The van der Waals surface area contributed by atoms with Crippen LogP contribution in [0, 0.1) is 0 Å².